The number of hydrogen-bond donors (Lipinski definition) is 3. The van der Waals surface area contributed by atoms with E-state index in [0.717, 1.165) is 51.4 Å². The molecule has 2 atom stereocenters. The predicted molar refractivity (Wildman–Crippen MR) is 361 cm³/mol. The van der Waals surface area contributed by atoms with Crippen LogP contribution in [0.3, 0.4) is 0 Å². The first-order valence-electron chi connectivity index (χ1n) is 36.9. The minimum Gasteiger partial charge on any atom is -0.466 e. The third-order valence-electron chi connectivity index (χ3n) is 17.1. The highest BCUT2D eigenvalue weighted by molar-refractivity contribution is 5.76. The lowest BCUT2D eigenvalue weighted by Gasteiger charge is -2.20. The minimum absolute atomic E-state index is 0.00463. The maximum absolute atomic E-state index is 12.5. The van der Waals surface area contributed by atoms with Crippen LogP contribution in [0.15, 0.2) is 48.6 Å². The Hall–Kier alpha value is -2.18. The van der Waals surface area contributed by atoms with Crippen LogP contribution in [-0.2, 0) is 14.3 Å². The highest BCUT2D eigenvalue weighted by Crippen LogP contribution is 2.18. The van der Waals surface area contributed by atoms with E-state index >= 15 is 0 Å². The van der Waals surface area contributed by atoms with Crippen LogP contribution in [0.2, 0.25) is 0 Å². The summed E-state index contributed by atoms with van der Waals surface area (Å²) in [5, 5.41) is 23.2. The number of ether oxygens (including phenoxy) is 1. The zero-order chi connectivity index (χ0) is 59.2. The van der Waals surface area contributed by atoms with Crippen LogP contribution < -0.4 is 5.32 Å². The normalized spacial score (nSPS) is 12.8. The van der Waals surface area contributed by atoms with E-state index < -0.39 is 12.1 Å². The van der Waals surface area contributed by atoms with Gasteiger partial charge in [-0.2, -0.15) is 0 Å². The number of aliphatic hydroxyl groups excluding tert-OH is 2. The lowest BCUT2D eigenvalue weighted by Crippen LogP contribution is -2.45. The second-order valence-corrected chi connectivity index (χ2v) is 25.3. The second kappa shape index (κ2) is 71.3. The summed E-state index contributed by atoms with van der Waals surface area (Å²) in [5.41, 5.74) is 0. The molecule has 82 heavy (non-hydrogen) atoms. The number of amides is 1. The van der Waals surface area contributed by atoms with Gasteiger partial charge in [-0.1, -0.05) is 345 Å². The lowest BCUT2D eigenvalue weighted by atomic mass is 10.0. The Morgan fingerprint density at radius 1 is 0.341 bits per heavy atom. The van der Waals surface area contributed by atoms with Crippen molar-refractivity contribution < 1.29 is 24.5 Å². The zero-order valence-electron chi connectivity index (χ0n) is 55.2. The Balaban J connectivity index is 3.38. The molecule has 2 unspecified atom stereocenters. The molecule has 0 radical (unpaired) electrons. The molecule has 6 heteroatoms. The number of rotatable bonds is 69. The van der Waals surface area contributed by atoms with E-state index in [4.69, 9.17) is 4.74 Å². The summed E-state index contributed by atoms with van der Waals surface area (Å²) in [5.74, 6) is -0.0581. The number of carbonyl (C=O) groups excluding carboxylic acids is 2. The van der Waals surface area contributed by atoms with Crippen LogP contribution in [0.1, 0.15) is 399 Å². The van der Waals surface area contributed by atoms with Crippen molar-refractivity contribution >= 4 is 11.9 Å². The van der Waals surface area contributed by atoms with Gasteiger partial charge < -0.3 is 20.3 Å². The minimum atomic E-state index is -0.843. The number of esters is 1. The summed E-state index contributed by atoms with van der Waals surface area (Å²) < 4.78 is 5.49. The molecule has 0 spiro atoms. The van der Waals surface area contributed by atoms with Gasteiger partial charge in [-0.05, 0) is 89.9 Å². The van der Waals surface area contributed by atoms with E-state index in [1.54, 1.807) is 6.08 Å². The van der Waals surface area contributed by atoms with E-state index in [1.165, 1.54) is 321 Å². The molecule has 0 aliphatic heterocycles. The van der Waals surface area contributed by atoms with Crippen LogP contribution in [0, 0.1) is 0 Å². The summed E-state index contributed by atoms with van der Waals surface area (Å²) in [7, 11) is 0. The maximum atomic E-state index is 12.5. The van der Waals surface area contributed by atoms with E-state index in [9.17, 15) is 19.8 Å². The predicted octanol–water partition coefficient (Wildman–Crippen LogP) is 24.0. The molecule has 0 heterocycles. The van der Waals surface area contributed by atoms with Gasteiger partial charge in [0.25, 0.3) is 0 Å². The molecule has 0 saturated carbocycles. The van der Waals surface area contributed by atoms with Crippen molar-refractivity contribution in [3.63, 3.8) is 0 Å². The summed E-state index contributed by atoms with van der Waals surface area (Å²) in [6, 6.07) is -0.627. The highest BCUT2D eigenvalue weighted by Gasteiger charge is 2.18. The fourth-order valence-corrected chi connectivity index (χ4v) is 11.4. The van der Waals surface area contributed by atoms with Crippen LogP contribution >= 0.6 is 0 Å². The fourth-order valence-electron chi connectivity index (χ4n) is 11.4. The summed E-state index contributed by atoms with van der Waals surface area (Å²) in [6.45, 7) is 4.91. The van der Waals surface area contributed by atoms with Gasteiger partial charge in [0.2, 0.25) is 5.91 Å². The molecule has 3 N–H and O–H groups in total. The van der Waals surface area contributed by atoms with Crippen LogP contribution in [0.4, 0.5) is 0 Å². The number of nitrogens with one attached hydrogen (secondary N) is 1. The van der Waals surface area contributed by atoms with Crippen molar-refractivity contribution in [3.8, 4) is 0 Å². The van der Waals surface area contributed by atoms with E-state index in [1.807, 2.05) is 6.08 Å². The average molecular weight is 1150 g/mol. The Morgan fingerprint density at radius 3 is 0.951 bits per heavy atom. The SMILES string of the molecule is CCCCCC/C=C\C/C=C\CCCCCCCC(=O)OCCCCCCCCCCCCCC/C=C\CCCCCCCCCCCCCCCCCCC(=O)NC(CO)C(O)/C=C/CCCCCCCCCCCCCCCCC. The third-order valence-corrected chi connectivity index (χ3v) is 17.1. The van der Waals surface area contributed by atoms with Gasteiger partial charge >= 0.3 is 5.97 Å². The van der Waals surface area contributed by atoms with Gasteiger partial charge in [0, 0.05) is 12.8 Å². The molecule has 1 amide bonds. The van der Waals surface area contributed by atoms with Gasteiger partial charge in [0.1, 0.15) is 0 Å². The molecule has 0 rings (SSSR count). The van der Waals surface area contributed by atoms with E-state index in [2.05, 4.69) is 55.6 Å². The van der Waals surface area contributed by atoms with Crippen molar-refractivity contribution in [3.05, 3.63) is 48.6 Å². The number of allylic oxidation sites excluding steroid dienone is 7. The number of unbranched alkanes of at least 4 members (excludes halogenated alkanes) is 52. The largest absolute Gasteiger partial charge is 0.466 e. The Kier molecular flexibility index (Phi) is 69.4. The number of hydrogen-bond acceptors (Lipinski definition) is 5. The van der Waals surface area contributed by atoms with Gasteiger partial charge in [-0.15, -0.1) is 0 Å². The average Bonchev–Trinajstić information content (AvgIpc) is 3.48. The first kappa shape index (κ1) is 79.8. The molecule has 0 aromatic carbocycles. The molecule has 0 aromatic rings. The molecule has 0 aromatic heterocycles. The second-order valence-electron chi connectivity index (χ2n) is 25.3. The molecule has 0 aliphatic rings. The monoisotopic (exact) mass is 1150 g/mol. The topological polar surface area (TPSA) is 95.9 Å². The first-order chi connectivity index (χ1) is 40.5. The van der Waals surface area contributed by atoms with Crippen molar-refractivity contribution in [1.29, 1.82) is 0 Å². The third kappa shape index (κ3) is 67.0. The molecule has 0 bridgehead atoms. The quantitative estimate of drug-likeness (QED) is 0.0320. The maximum Gasteiger partial charge on any atom is 0.305 e. The Labute approximate surface area is 512 Å². The van der Waals surface area contributed by atoms with Crippen molar-refractivity contribution in [2.24, 2.45) is 0 Å². The standard InChI is InChI=1S/C76H143NO5/c1-3-5-7-9-11-13-15-17-19-37-40-44-48-52-56-60-64-68-74(79)73(72-78)77-75(80)69-65-61-57-53-49-45-41-38-35-33-31-29-27-25-23-21-22-24-26-28-30-32-34-36-39-43-47-51-55-59-63-67-71-82-76(81)70-66-62-58-54-50-46-42-20-18-16-14-12-10-8-6-4-2/h14,16,20,24,26,42,64,68,73-74,78-79H,3-13,15,17-19,21-23,25,27-41,43-63,65-67,69-72H2,1-2H3,(H,77,80)/b16-14-,26-24-,42-20-,68-64+. The summed E-state index contributed by atoms with van der Waals surface area (Å²) >= 11 is 0. The summed E-state index contributed by atoms with van der Waals surface area (Å²) in [4.78, 5) is 24.6. The Morgan fingerprint density at radius 2 is 0.610 bits per heavy atom. The Bertz CT molecular complexity index is 1370. The first-order valence-corrected chi connectivity index (χ1v) is 36.9. The van der Waals surface area contributed by atoms with Gasteiger partial charge in [-0.25, -0.2) is 0 Å². The lowest BCUT2D eigenvalue weighted by molar-refractivity contribution is -0.143. The van der Waals surface area contributed by atoms with E-state index in [-0.39, 0.29) is 18.5 Å². The van der Waals surface area contributed by atoms with Crippen molar-refractivity contribution in [1.82, 2.24) is 5.32 Å². The van der Waals surface area contributed by atoms with Gasteiger partial charge in [0.05, 0.1) is 25.4 Å². The molecule has 482 valence electrons. The van der Waals surface area contributed by atoms with Crippen LogP contribution in [-0.4, -0.2) is 47.4 Å². The van der Waals surface area contributed by atoms with Crippen LogP contribution in [0.5, 0.6) is 0 Å². The molecular formula is C76H143NO5. The van der Waals surface area contributed by atoms with Crippen molar-refractivity contribution in [2.75, 3.05) is 13.2 Å². The zero-order valence-corrected chi connectivity index (χ0v) is 55.2. The molecular weight excluding hydrogens is 1010 g/mol. The van der Waals surface area contributed by atoms with Crippen LogP contribution in [0.25, 0.3) is 0 Å². The highest BCUT2D eigenvalue weighted by atomic mass is 16.5. The number of aliphatic hydroxyl groups is 2. The molecule has 6 nitrogen and oxygen atoms in total. The molecule has 0 fully saturated rings. The van der Waals surface area contributed by atoms with Crippen molar-refractivity contribution in [2.45, 2.75) is 411 Å². The van der Waals surface area contributed by atoms with Gasteiger partial charge in [0.15, 0.2) is 0 Å². The number of carbonyl (C=O) groups is 2. The van der Waals surface area contributed by atoms with E-state index in [0.29, 0.717) is 19.4 Å². The fraction of sp³-hybridized carbons (Fsp3) is 0.868. The molecule has 0 saturated heterocycles. The summed E-state index contributed by atoms with van der Waals surface area (Å²) in [6.07, 6.45) is 93.5. The van der Waals surface area contributed by atoms with Gasteiger partial charge in [-0.3, -0.25) is 9.59 Å². The smallest absolute Gasteiger partial charge is 0.305 e. The molecule has 0 aliphatic carbocycles.